The molecule has 156 valence electrons. The maximum Gasteiger partial charge on any atom is 0.279 e. The first kappa shape index (κ1) is 20.8. The van der Waals surface area contributed by atoms with E-state index in [1.807, 2.05) is 12.1 Å². The van der Waals surface area contributed by atoms with E-state index in [0.717, 1.165) is 12.2 Å². The number of nitrogens with one attached hydrogen (secondary N) is 2. The van der Waals surface area contributed by atoms with Gasteiger partial charge in [0, 0.05) is 29.7 Å². The summed E-state index contributed by atoms with van der Waals surface area (Å²) < 4.78 is 0. The fraction of sp³-hybridized carbons (Fsp3) is 0.320. The van der Waals surface area contributed by atoms with E-state index in [2.05, 4.69) is 71.5 Å². The Hall–Kier alpha value is -2.47. The normalized spacial score (nSPS) is 15.2. The Morgan fingerprint density at radius 3 is 2.47 bits per heavy atom. The number of thiophene rings is 1. The molecule has 0 saturated carbocycles. The second kappa shape index (κ2) is 10.0. The van der Waals surface area contributed by atoms with Crippen molar-refractivity contribution in [2.24, 2.45) is 0 Å². The van der Waals surface area contributed by atoms with Crippen molar-refractivity contribution in [3.63, 3.8) is 0 Å². The van der Waals surface area contributed by atoms with Gasteiger partial charge in [0.15, 0.2) is 6.54 Å². The van der Waals surface area contributed by atoms with E-state index in [-0.39, 0.29) is 11.9 Å². The Morgan fingerprint density at radius 1 is 1.07 bits per heavy atom. The molecule has 0 radical (unpaired) electrons. The number of quaternary nitrogens is 2. The third kappa shape index (κ3) is 5.57. The maximum atomic E-state index is 12.6. The fourth-order valence-electron chi connectivity index (χ4n) is 4.14. The van der Waals surface area contributed by atoms with Crippen LogP contribution < -0.4 is 15.5 Å². The molecule has 30 heavy (non-hydrogen) atoms. The zero-order chi connectivity index (χ0) is 20.8. The van der Waals surface area contributed by atoms with Crippen molar-refractivity contribution in [2.45, 2.75) is 32.4 Å². The molecule has 1 fully saturated rings. The molecule has 4 nitrogen and oxygen atoms in total. The zero-order valence-electron chi connectivity index (χ0n) is 17.6. The smallest absolute Gasteiger partial charge is 0.279 e. The highest BCUT2D eigenvalue weighted by Crippen LogP contribution is 2.23. The number of amides is 1. The van der Waals surface area contributed by atoms with Gasteiger partial charge in [-0.15, -0.1) is 11.3 Å². The van der Waals surface area contributed by atoms with Crippen LogP contribution in [0, 0.1) is 6.92 Å². The lowest BCUT2D eigenvalue weighted by molar-refractivity contribution is -0.901. The number of nitrogens with two attached hydrogens (primary N) is 1. The van der Waals surface area contributed by atoms with Crippen LogP contribution in [0.3, 0.4) is 0 Å². The molecule has 0 unspecified atom stereocenters. The first-order valence-electron chi connectivity index (χ1n) is 10.8. The molecule has 0 aliphatic carbocycles. The number of anilines is 1. The average molecular weight is 422 g/mol. The molecular formula is C25H31N3OS+2. The predicted octanol–water partition coefficient (Wildman–Crippen LogP) is 2.53. The van der Waals surface area contributed by atoms with E-state index in [9.17, 15) is 4.79 Å². The van der Waals surface area contributed by atoms with Gasteiger partial charge in [-0.1, -0.05) is 48.0 Å². The summed E-state index contributed by atoms with van der Waals surface area (Å²) in [5.74, 6) is 0.0292. The topological polar surface area (TPSA) is 50.1 Å². The summed E-state index contributed by atoms with van der Waals surface area (Å²) >= 11 is 1.74. The molecule has 1 saturated heterocycles. The molecular weight excluding hydrogens is 390 g/mol. The van der Waals surface area contributed by atoms with Crippen molar-refractivity contribution in [2.75, 3.05) is 25.0 Å². The molecule has 1 aliphatic rings. The number of rotatable bonds is 8. The van der Waals surface area contributed by atoms with E-state index in [1.165, 1.54) is 47.5 Å². The lowest BCUT2D eigenvalue weighted by Crippen LogP contribution is -3.08. The number of benzene rings is 2. The van der Waals surface area contributed by atoms with Crippen molar-refractivity contribution in [3.05, 3.63) is 87.6 Å². The Morgan fingerprint density at radius 2 is 1.80 bits per heavy atom. The molecule has 1 atom stereocenters. The van der Waals surface area contributed by atoms with E-state index < -0.39 is 0 Å². The van der Waals surface area contributed by atoms with Crippen LogP contribution in [0.4, 0.5) is 5.69 Å². The highest BCUT2D eigenvalue weighted by atomic mass is 32.1. The lowest BCUT2D eigenvalue weighted by atomic mass is 10.0. The highest BCUT2D eigenvalue weighted by molar-refractivity contribution is 7.10. The van der Waals surface area contributed by atoms with Gasteiger partial charge in [0.2, 0.25) is 0 Å². The van der Waals surface area contributed by atoms with Crippen molar-refractivity contribution >= 4 is 22.9 Å². The van der Waals surface area contributed by atoms with E-state index >= 15 is 0 Å². The Bertz CT molecular complexity index is 930. The van der Waals surface area contributed by atoms with Crippen LogP contribution in [-0.4, -0.2) is 25.5 Å². The maximum absolute atomic E-state index is 12.6. The molecule has 0 bridgehead atoms. The zero-order valence-corrected chi connectivity index (χ0v) is 18.4. The number of likely N-dealkylation sites (tertiary alicyclic amines) is 1. The SMILES string of the molecule is Cc1ccc([C@H]([NH2+]CC(=O)Nc2ccc(C[NH+]3CCCC3)cc2)c2cccs2)cc1. The lowest BCUT2D eigenvalue weighted by Gasteiger charge is -2.15. The van der Waals surface area contributed by atoms with Gasteiger partial charge in [-0.05, 0) is 30.5 Å². The van der Waals surface area contributed by atoms with E-state index in [0.29, 0.717) is 6.54 Å². The molecule has 1 aliphatic heterocycles. The monoisotopic (exact) mass is 421 g/mol. The van der Waals surface area contributed by atoms with Gasteiger partial charge in [0.1, 0.15) is 12.6 Å². The van der Waals surface area contributed by atoms with Crippen molar-refractivity contribution in [3.8, 4) is 0 Å². The molecule has 2 heterocycles. The van der Waals surface area contributed by atoms with Gasteiger partial charge in [0.05, 0.1) is 18.0 Å². The Kier molecular flexibility index (Phi) is 6.95. The van der Waals surface area contributed by atoms with Gasteiger partial charge in [0.25, 0.3) is 5.91 Å². The van der Waals surface area contributed by atoms with Crippen LogP contribution in [0.5, 0.6) is 0 Å². The molecule has 3 aromatic rings. The van der Waals surface area contributed by atoms with Gasteiger partial charge in [-0.3, -0.25) is 4.79 Å². The molecule has 5 heteroatoms. The van der Waals surface area contributed by atoms with Crippen LogP contribution >= 0.6 is 11.3 Å². The summed E-state index contributed by atoms with van der Waals surface area (Å²) in [4.78, 5) is 15.5. The molecule has 4 N–H and O–H groups in total. The number of hydrogen-bond acceptors (Lipinski definition) is 2. The quantitative estimate of drug-likeness (QED) is 0.514. The third-order valence-corrected chi connectivity index (χ3v) is 6.78. The van der Waals surface area contributed by atoms with Gasteiger partial charge < -0.3 is 15.5 Å². The summed E-state index contributed by atoms with van der Waals surface area (Å²) in [6, 6.07) is 21.3. The van der Waals surface area contributed by atoms with Gasteiger partial charge in [-0.25, -0.2) is 0 Å². The van der Waals surface area contributed by atoms with E-state index in [4.69, 9.17) is 0 Å². The number of hydrogen-bond donors (Lipinski definition) is 3. The molecule has 0 spiro atoms. The molecule has 1 aromatic heterocycles. The Labute approximate surface area is 182 Å². The third-order valence-electron chi connectivity index (χ3n) is 5.83. The average Bonchev–Trinajstić information content (AvgIpc) is 3.45. The second-order valence-electron chi connectivity index (χ2n) is 8.22. The second-order valence-corrected chi connectivity index (χ2v) is 9.20. The highest BCUT2D eigenvalue weighted by Gasteiger charge is 2.20. The minimum absolute atomic E-state index is 0.0292. The number of carbonyl (C=O) groups excluding carboxylic acids is 1. The summed E-state index contributed by atoms with van der Waals surface area (Å²) in [7, 11) is 0. The first-order chi connectivity index (χ1) is 14.7. The van der Waals surface area contributed by atoms with Crippen LogP contribution in [0.25, 0.3) is 0 Å². The van der Waals surface area contributed by atoms with Crippen LogP contribution in [-0.2, 0) is 11.3 Å². The first-order valence-corrected chi connectivity index (χ1v) is 11.7. The van der Waals surface area contributed by atoms with Crippen LogP contribution in [0.2, 0.25) is 0 Å². The van der Waals surface area contributed by atoms with E-state index in [1.54, 1.807) is 16.2 Å². The predicted molar refractivity (Wildman–Crippen MR) is 123 cm³/mol. The molecule has 4 rings (SSSR count). The van der Waals surface area contributed by atoms with Crippen LogP contribution in [0.15, 0.2) is 66.0 Å². The summed E-state index contributed by atoms with van der Waals surface area (Å²) in [6.45, 7) is 6.12. The minimum atomic E-state index is 0.0292. The minimum Gasteiger partial charge on any atom is -0.331 e. The van der Waals surface area contributed by atoms with Crippen molar-refractivity contribution in [1.29, 1.82) is 0 Å². The van der Waals surface area contributed by atoms with Gasteiger partial charge >= 0.3 is 0 Å². The summed E-state index contributed by atoms with van der Waals surface area (Å²) in [5, 5.41) is 7.27. The Balaban J connectivity index is 1.33. The van der Waals surface area contributed by atoms with Gasteiger partial charge in [-0.2, -0.15) is 0 Å². The molecule has 2 aromatic carbocycles. The van der Waals surface area contributed by atoms with Crippen molar-refractivity contribution in [1.82, 2.24) is 0 Å². The van der Waals surface area contributed by atoms with Crippen molar-refractivity contribution < 1.29 is 15.0 Å². The fourth-order valence-corrected chi connectivity index (χ4v) is 4.99. The standard InChI is InChI=1S/C25H29N3OS/c1-19-6-10-21(11-7-19)25(23-5-4-16-30-23)26-17-24(29)27-22-12-8-20(9-13-22)18-28-14-2-3-15-28/h4-13,16,25-26H,2-3,14-15,17-18H2,1H3,(H,27,29)/p+2/t25-/m0/s1. The summed E-state index contributed by atoms with van der Waals surface area (Å²) in [6.07, 6.45) is 2.68. The summed E-state index contributed by atoms with van der Waals surface area (Å²) in [5.41, 5.74) is 4.69. The molecule has 1 amide bonds. The number of carbonyl (C=O) groups is 1. The van der Waals surface area contributed by atoms with Crippen LogP contribution in [0.1, 0.15) is 40.5 Å². The number of aryl methyl sites for hydroxylation is 1. The largest absolute Gasteiger partial charge is 0.331 e.